The van der Waals surface area contributed by atoms with E-state index in [-0.39, 0.29) is 6.04 Å². The van der Waals surface area contributed by atoms with Crippen molar-refractivity contribution in [1.82, 2.24) is 5.32 Å². The Labute approximate surface area is 121 Å². The fourth-order valence-electron chi connectivity index (χ4n) is 2.13. The van der Waals surface area contributed by atoms with E-state index in [0.29, 0.717) is 0 Å². The zero-order chi connectivity index (χ0) is 14.2. The lowest BCUT2D eigenvalue weighted by atomic mass is 10.0. The SMILES string of the molecule is CCCCOc1ccc(C(NCC)c2ccco2)cc1. The van der Waals surface area contributed by atoms with Crippen molar-refractivity contribution in [2.75, 3.05) is 13.2 Å². The molecule has 0 bridgehead atoms. The molecule has 3 nitrogen and oxygen atoms in total. The second-order valence-corrected chi connectivity index (χ2v) is 4.78. The summed E-state index contributed by atoms with van der Waals surface area (Å²) in [5.41, 5.74) is 1.18. The van der Waals surface area contributed by atoms with Gasteiger partial charge in [0.2, 0.25) is 0 Å². The molecule has 0 amide bonds. The van der Waals surface area contributed by atoms with Crippen LogP contribution in [-0.2, 0) is 0 Å². The molecule has 0 saturated heterocycles. The lowest BCUT2D eigenvalue weighted by Gasteiger charge is -2.16. The number of benzene rings is 1. The van der Waals surface area contributed by atoms with Gasteiger partial charge in [0.25, 0.3) is 0 Å². The Morgan fingerprint density at radius 2 is 1.95 bits per heavy atom. The molecule has 20 heavy (non-hydrogen) atoms. The highest BCUT2D eigenvalue weighted by Crippen LogP contribution is 2.24. The Balaban J connectivity index is 2.06. The van der Waals surface area contributed by atoms with E-state index < -0.39 is 0 Å². The van der Waals surface area contributed by atoms with Crippen LogP contribution in [0.15, 0.2) is 47.1 Å². The van der Waals surface area contributed by atoms with Crippen LogP contribution in [0.25, 0.3) is 0 Å². The molecule has 0 fully saturated rings. The number of furan rings is 1. The van der Waals surface area contributed by atoms with E-state index in [4.69, 9.17) is 9.15 Å². The first-order valence-electron chi connectivity index (χ1n) is 7.34. The molecule has 2 rings (SSSR count). The van der Waals surface area contributed by atoms with E-state index in [1.54, 1.807) is 6.26 Å². The molecule has 1 aromatic heterocycles. The highest BCUT2D eigenvalue weighted by Gasteiger charge is 2.15. The van der Waals surface area contributed by atoms with Gasteiger partial charge in [0.05, 0.1) is 18.9 Å². The Hall–Kier alpha value is -1.74. The van der Waals surface area contributed by atoms with Gasteiger partial charge in [-0.3, -0.25) is 0 Å². The first kappa shape index (κ1) is 14.7. The molecule has 1 unspecified atom stereocenters. The van der Waals surface area contributed by atoms with Gasteiger partial charge in [0.15, 0.2) is 0 Å². The van der Waals surface area contributed by atoms with E-state index in [1.165, 1.54) is 5.56 Å². The molecule has 1 aromatic carbocycles. The number of nitrogens with one attached hydrogen (secondary N) is 1. The van der Waals surface area contributed by atoms with Crippen LogP contribution in [0, 0.1) is 0 Å². The summed E-state index contributed by atoms with van der Waals surface area (Å²) in [5, 5.41) is 3.44. The van der Waals surface area contributed by atoms with Gasteiger partial charge in [0.1, 0.15) is 11.5 Å². The molecule has 1 N–H and O–H groups in total. The predicted octanol–water partition coefficient (Wildman–Crippen LogP) is 4.16. The topological polar surface area (TPSA) is 34.4 Å². The Bertz CT molecular complexity index is 476. The lowest BCUT2D eigenvalue weighted by molar-refractivity contribution is 0.309. The van der Waals surface area contributed by atoms with E-state index >= 15 is 0 Å². The van der Waals surface area contributed by atoms with Gasteiger partial charge in [-0.2, -0.15) is 0 Å². The molecule has 0 saturated carbocycles. The van der Waals surface area contributed by atoms with Crippen LogP contribution in [0.2, 0.25) is 0 Å². The van der Waals surface area contributed by atoms with Crippen LogP contribution < -0.4 is 10.1 Å². The zero-order valence-corrected chi connectivity index (χ0v) is 12.3. The van der Waals surface area contributed by atoms with Gasteiger partial charge in [-0.05, 0) is 42.8 Å². The Kier molecular flexibility index (Phi) is 5.69. The second kappa shape index (κ2) is 7.75. The first-order chi connectivity index (χ1) is 9.85. The van der Waals surface area contributed by atoms with Gasteiger partial charge in [-0.15, -0.1) is 0 Å². The molecular weight excluding hydrogens is 250 g/mol. The van der Waals surface area contributed by atoms with Gasteiger partial charge in [-0.1, -0.05) is 32.4 Å². The summed E-state index contributed by atoms with van der Waals surface area (Å²) in [4.78, 5) is 0. The van der Waals surface area contributed by atoms with Crippen molar-refractivity contribution in [3.63, 3.8) is 0 Å². The maximum absolute atomic E-state index is 5.69. The molecule has 108 valence electrons. The van der Waals surface area contributed by atoms with E-state index in [0.717, 1.165) is 37.5 Å². The maximum Gasteiger partial charge on any atom is 0.125 e. The molecule has 3 heteroatoms. The zero-order valence-electron chi connectivity index (χ0n) is 12.3. The summed E-state index contributed by atoms with van der Waals surface area (Å²) in [5.74, 6) is 1.86. The van der Waals surface area contributed by atoms with Crippen LogP contribution in [0.5, 0.6) is 5.75 Å². The molecule has 1 atom stereocenters. The third-order valence-corrected chi connectivity index (χ3v) is 3.22. The summed E-state index contributed by atoms with van der Waals surface area (Å²) in [6.07, 6.45) is 3.95. The van der Waals surface area contributed by atoms with Crippen molar-refractivity contribution in [3.05, 3.63) is 54.0 Å². The number of rotatable bonds is 8. The second-order valence-electron chi connectivity index (χ2n) is 4.78. The molecule has 0 spiro atoms. The average Bonchev–Trinajstić information content (AvgIpc) is 3.00. The van der Waals surface area contributed by atoms with Crippen molar-refractivity contribution in [2.24, 2.45) is 0 Å². The van der Waals surface area contributed by atoms with Crippen LogP contribution >= 0.6 is 0 Å². The largest absolute Gasteiger partial charge is 0.494 e. The normalized spacial score (nSPS) is 12.3. The summed E-state index contributed by atoms with van der Waals surface area (Å²) < 4.78 is 11.2. The minimum atomic E-state index is 0.0969. The molecular formula is C17H23NO2. The van der Waals surface area contributed by atoms with Gasteiger partial charge < -0.3 is 14.5 Å². The first-order valence-corrected chi connectivity index (χ1v) is 7.34. The van der Waals surface area contributed by atoms with Crippen molar-refractivity contribution in [1.29, 1.82) is 0 Å². The fraction of sp³-hybridized carbons (Fsp3) is 0.412. The molecule has 0 aliphatic rings. The van der Waals surface area contributed by atoms with Gasteiger partial charge in [-0.25, -0.2) is 0 Å². The third-order valence-electron chi connectivity index (χ3n) is 3.22. The van der Waals surface area contributed by atoms with E-state index in [1.807, 2.05) is 24.3 Å². The molecule has 0 radical (unpaired) electrons. The van der Waals surface area contributed by atoms with Crippen LogP contribution in [-0.4, -0.2) is 13.2 Å². The smallest absolute Gasteiger partial charge is 0.125 e. The molecule has 1 heterocycles. The number of unbranched alkanes of at least 4 members (excludes halogenated alkanes) is 1. The monoisotopic (exact) mass is 273 g/mol. The van der Waals surface area contributed by atoms with Crippen molar-refractivity contribution in [2.45, 2.75) is 32.7 Å². The van der Waals surface area contributed by atoms with Gasteiger partial charge >= 0.3 is 0 Å². The van der Waals surface area contributed by atoms with Crippen LogP contribution in [0.1, 0.15) is 44.1 Å². The minimum Gasteiger partial charge on any atom is -0.494 e. The van der Waals surface area contributed by atoms with Crippen LogP contribution in [0.3, 0.4) is 0 Å². The number of hydrogen-bond acceptors (Lipinski definition) is 3. The highest BCUT2D eigenvalue weighted by molar-refractivity contribution is 5.32. The van der Waals surface area contributed by atoms with Crippen LogP contribution in [0.4, 0.5) is 0 Å². The predicted molar refractivity (Wildman–Crippen MR) is 81.1 cm³/mol. The fourth-order valence-corrected chi connectivity index (χ4v) is 2.13. The van der Waals surface area contributed by atoms with E-state index in [2.05, 4.69) is 31.3 Å². The molecule has 0 aliphatic carbocycles. The average molecular weight is 273 g/mol. The van der Waals surface area contributed by atoms with Gasteiger partial charge in [0, 0.05) is 0 Å². The minimum absolute atomic E-state index is 0.0969. The standard InChI is InChI=1S/C17H23NO2/c1-3-5-12-19-15-10-8-14(9-11-15)17(18-4-2)16-7-6-13-20-16/h6-11,13,17-18H,3-5,12H2,1-2H3. The maximum atomic E-state index is 5.69. The van der Waals surface area contributed by atoms with E-state index in [9.17, 15) is 0 Å². The Morgan fingerprint density at radius 1 is 1.15 bits per heavy atom. The summed E-state index contributed by atoms with van der Waals surface area (Å²) in [7, 11) is 0. The van der Waals surface area contributed by atoms with Crippen molar-refractivity contribution in [3.8, 4) is 5.75 Å². The summed E-state index contributed by atoms with van der Waals surface area (Å²) >= 11 is 0. The summed E-state index contributed by atoms with van der Waals surface area (Å²) in [6, 6.07) is 12.3. The van der Waals surface area contributed by atoms with Crippen molar-refractivity contribution < 1.29 is 9.15 Å². The quantitative estimate of drug-likeness (QED) is 0.733. The lowest BCUT2D eigenvalue weighted by Crippen LogP contribution is -2.21. The Morgan fingerprint density at radius 3 is 2.55 bits per heavy atom. The molecule has 2 aromatic rings. The number of ether oxygens (including phenoxy) is 1. The third kappa shape index (κ3) is 3.87. The highest BCUT2D eigenvalue weighted by atomic mass is 16.5. The molecule has 0 aliphatic heterocycles. The number of hydrogen-bond donors (Lipinski definition) is 1. The van der Waals surface area contributed by atoms with Crippen molar-refractivity contribution >= 4 is 0 Å². The summed E-state index contributed by atoms with van der Waals surface area (Å²) in [6.45, 7) is 5.93.